The predicted molar refractivity (Wildman–Crippen MR) is 104 cm³/mol. The number of methoxy groups -OCH3 is 2. The van der Waals surface area contributed by atoms with Crippen molar-refractivity contribution in [3.8, 4) is 11.5 Å². The molecule has 1 N–H and O–H groups in total. The number of hydrogen-bond donors (Lipinski definition) is 1. The van der Waals surface area contributed by atoms with Crippen LogP contribution in [0.4, 0.5) is 5.00 Å². The van der Waals surface area contributed by atoms with Gasteiger partial charge in [0.2, 0.25) is 6.10 Å². The number of rotatable bonds is 4. The molecule has 152 valence electrons. The molecule has 2 heterocycles. The highest BCUT2D eigenvalue weighted by molar-refractivity contribution is 7.17. The van der Waals surface area contributed by atoms with Gasteiger partial charge < -0.3 is 24.3 Å². The summed E-state index contributed by atoms with van der Waals surface area (Å²) < 4.78 is 21.1. The lowest BCUT2D eigenvalue weighted by atomic mass is 9.99. The zero-order valence-corrected chi connectivity index (χ0v) is 16.7. The number of nitrogens with one attached hydrogen (secondary N) is 1. The average molecular weight is 417 g/mol. The molecule has 4 rings (SSSR count). The lowest BCUT2D eigenvalue weighted by Gasteiger charge is -2.25. The van der Waals surface area contributed by atoms with E-state index in [1.165, 1.54) is 25.6 Å². The van der Waals surface area contributed by atoms with Gasteiger partial charge in [-0.1, -0.05) is 12.1 Å². The molecule has 1 aromatic heterocycles. The molecule has 0 saturated heterocycles. The maximum atomic E-state index is 12.8. The number of amides is 1. The first-order valence-electron chi connectivity index (χ1n) is 9.04. The minimum atomic E-state index is -0.872. The van der Waals surface area contributed by atoms with Crippen LogP contribution in [0.15, 0.2) is 24.3 Å². The van der Waals surface area contributed by atoms with Crippen LogP contribution >= 0.6 is 11.3 Å². The van der Waals surface area contributed by atoms with Gasteiger partial charge in [-0.05, 0) is 30.5 Å². The summed E-state index contributed by atoms with van der Waals surface area (Å²) in [7, 11) is 2.57. The molecule has 1 aliphatic carbocycles. The highest BCUT2D eigenvalue weighted by atomic mass is 32.1. The minimum Gasteiger partial charge on any atom is -0.485 e. The van der Waals surface area contributed by atoms with Crippen molar-refractivity contribution in [2.45, 2.75) is 24.9 Å². The summed E-state index contributed by atoms with van der Waals surface area (Å²) in [6, 6.07) is 7.08. The molecular formula is C20H19NO7S. The molecule has 0 saturated carbocycles. The number of para-hydroxylation sites is 2. The molecule has 29 heavy (non-hydrogen) atoms. The van der Waals surface area contributed by atoms with Gasteiger partial charge in [0.05, 0.1) is 25.7 Å². The Labute approximate surface area is 170 Å². The number of carbonyl (C=O) groups excluding carboxylic acids is 3. The Morgan fingerprint density at radius 2 is 1.90 bits per heavy atom. The number of ether oxygens (including phenoxy) is 4. The van der Waals surface area contributed by atoms with Crippen LogP contribution in [0.3, 0.4) is 0 Å². The second-order valence-corrected chi connectivity index (χ2v) is 7.71. The fourth-order valence-corrected chi connectivity index (χ4v) is 4.84. The van der Waals surface area contributed by atoms with Gasteiger partial charge in [-0.15, -0.1) is 11.3 Å². The van der Waals surface area contributed by atoms with Crippen molar-refractivity contribution in [2.24, 2.45) is 0 Å². The number of thiophene rings is 1. The Hall–Kier alpha value is -3.07. The molecule has 0 spiro atoms. The Kier molecular flexibility index (Phi) is 5.14. The molecule has 9 heteroatoms. The van der Waals surface area contributed by atoms with Gasteiger partial charge in [-0.3, -0.25) is 9.59 Å². The van der Waals surface area contributed by atoms with Gasteiger partial charge in [0, 0.05) is 4.88 Å². The topological polar surface area (TPSA) is 100 Å². The second-order valence-electron chi connectivity index (χ2n) is 6.60. The molecule has 1 aliphatic heterocycles. The lowest BCUT2D eigenvalue weighted by Crippen LogP contribution is -2.40. The van der Waals surface area contributed by atoms with Crippen LogP contribution in [0.25, 0.3) is 0 Å². The quantitative estimate of drug-likeness (QED) is 0.763. The van der Waals surface area contributed by atoms with Crippen molar-refractivity contribution in [1.29, 1.82) is 0 Å². The fourth-order valence-electron chi connectivity index (χ4n) is 3.58. The van der Waals surface area contributed by atoms with Gasteiger partial charge in [-0.2, -0.15) is 0 Å². The molecule has 0 unspecified atom stereocenters. The number of carbonyl (C=O) groups is 3. The minimum absolute atomic E-state index is 0.0479. The summed E-state index contributed by atoms with van der Waals surface area (Å²) in [6.45, 7) is 0.0479. The summed E-state index contributed by atoms with van der Waals surface area (Å²) in [5, 5.41) is 3.09. The third-order valence-electron chi connectivity index (χ3n) is 4.94. The van der Waals surface area contributed by atoms with Crippen LogP contribution in [-0.4, -0.2) is 44.8 Å². The number of esters is 2. The number of aryl methyl sites for hydroxylation is 1. The number of fused-ring (bicyclic) bond motifs is 2. The van der Waals surface area contributed by atoms with E-state index in [1.807, 2.05) is 6.07 Å². The van der Waals surface area contributed by atoms with E-state index in [2.05, 4.69) is 5.32 Å². The van der Waals surface area contributed by atoms with Crippen molar-refractivity contribution in [3.05, 3.63) is 40.3 Å². The smallest absolute Gasteiger partial charge is 0.341 e. The van der Waals surface area contributed by atoms with E-state index in [-0.39, 0.29) is 12.2 Å². The summed E-state index contributed by atoms with van der Waals surface area (Å²) >= 11 is 1.26. The summed E-state index contributed by atoms with van der Waals surface area (Å²) in [4.78, 5) is 38.2. The van der Waals surface area contributed by atoms with Crippen LogP contribution in [0.2, 0.25) is 0 Å². The molecule has 2 atom stereocenters. The van der Waals surface area contributed by atoms with Crippen LogP contribution < -0.4 is 14.8 Å². The molecule has 1 aromatic carbocycles. The van der Waals surface area contributed by atoms with Crippen LogP contribution in [0.5, 0.6) is 11.5 Å². The fraction of sp³-hybridized carbons (Fsp3) is 0.350. The maximum Gasteiger partial charge on any atom is 0.341 e. The van der Waals surface area contributed by atoms with E-state index < -0.39 is 29.9 Å². The van der Waals surface area contributed by atoms with Crippen molar-refractivity contribution in [1.82, 2.24) is 0 Å². The van der Waals surface area contributed by atoms with Gasteiger partial charge in [0.1, 0.15) is 11.6 Å². The highest BCUT2D eigenvalue weighted by Crippen LogP contribution is 2.46. The average Bonchev–Trinajstić information content (AvgIpc) is 3.31. The first-order valence-corrected chi connectivity index (χ1v) is 9.86. The molecule has 0 radical (unpaired) electrons. The van der Waals surface area contributed by atoms with Gasteiger partial charge in [0.15, 0.2) is 11.5 Å². The molecule has 2 aromatic rings. The van der Waals surface area contributed by atoms with Crippen LogP contribution in [-0.2, 0) is 25.5 Å². The number of anilines is 1. The molecule has 0 bridgehead atoms. The SMILES string of the molecule is COC(=O)c1c(NC(=O)[C@@H]2COc3ccccc3O2)sc2c1[C@@H](C(=O)OC)CC2. The molecule has 8 nitrogen and oxygen atoms in total. The van der Waals surface area contributed by atoms with Crippen LogP contribution in [0, 0.1) is 0 Å². The predicted octanol–water partition coefficient (Wildman–Crippen LogP) is 2.52. The normalized spacial score (nSPS) is 19.2. The van der Waals surface area contributed by atoms with Gasteiger partial charge >= 0.3 is 11.9 Å². The number of benzene rings is 1. The monoisotopic (exact) mass is 417 g/mol. The van der Waals surface area contributed by atoms with Crippen LogP contribution in [0.1, 0.15) is 33.1 Å². The molecule has 0 fully saturated rings. The second kappa shape index (κ2) is 7.75. The van der Waals surface area contributed by atoms with E-state index in [9.17, 15) is 14.4 Å². The zero-order chi connectivity index (χ0) is 20.5. The summed E-state index contributed by atoms with van der Waals surface area (Å²) in [5.41, 5.74) is 0.779. The van der Waals surface area contributed by atoms with E-state index in [0.29, 0.717) is 34.9 Å². The number of hydrogen-bond acceptors (Lipinski definition) is 8. The van der Waals surface area contributed by atoms with Gasteiger partial charge in [-0.25, -0.2) is 4.79 Å². The summed E-state index contributed by atoms with van der Waals surface area (Å²) in [5.74, 6) is -0.967. The van der Waals surface area contributed by atoms with E-state index in [0.717, 1.165) is 4.88 Å². The van der Waals surface area contributed by atoms with E-state index in [4.69, 9.17) is 18.9 Å². The Morgan fingerprint density at radius 3 is 2.62 bits per heavy atom. The van der Waals surface area contributed by atoms with Crippen molar-refractivity contribution < 1.29 is 33.3 Å². The standard InChI is InChI=1S/C20H19NO7S/c1-25-19(23)10-7-8-14-15(10)16(20(24)26-2)18(29-14)21-17(22)13-9-27-11-5-3-4-6-12(11)28-13/h3-6,10,13H,7-9H2,1-2H3,(H,21,22)/t10-,13-/m0/s1. The van der Waals surface area contributed by atoms with Crippen molar-refractivity contribution in [3.63, 3.8) is 0 Å². The van der Waals surface area contributed by atoms with Crippen molar-refractivity contribution in [2.75, 3.05) is 26.1 Å². The third-order valence-corrected chi connectivity index (χ3v) is 6.12. The third kappa shape index (κ3) is 3.42. The summed E-state index contributed by atoms with van der Waals surface area (Å²) in [6.07, 6.45) is 0.307. The first-order chi connectivity index (χ1) is 14.0. The molecular weight excluding hydrogens is 398 g/mol. The Morgan fingerprint density at radius 1 is 1.14 bits per heavy atom. The Balaban J connectivity index is 1.60. The highest BCUT2D eigenvalue weighted by Gasteiger charge is 2.39. The first kappa shape index (κ1) is 19.3. The van der Waals surface area contributed by atoms with E-state index >= 15 is 0 Å². The Bertz CT molecular complexity index is 983. The van der Waals surface area contributed by atoms with Gasteiger partial charge in [0.25, 0.3) is 5.91 Å². The molecule has 1 amide bonds. The zero-order valence-electron chi connectivity index (χ0n) is 15.9. The van der Waals surface area contributed by atoms with Crippen molar-refractivity contribution >= 4 is 34.2 Å². The largest absolute Gasteiger partial charge is 0.485 e. The van der Waals surface area contributed by atoms with E-state index in [1.54, 1.807) is 18.2 Å². The lowest BCUT2D eigenvalue weighted by molar-refractivity contribution is -0.142. The maximum absolute atomic E-state index is 12.8. The molecule has 2 aliphatic rings.